The van der Waals surface area contributed by atoms with Crippen LogP contribution in [0.5, 0.6) is 5.75 Å². The number of thiazole rings is 1. The average Bonchev–Trinajstić information content (AvgIpc) is 3.27. The highest BCUT2D eigenvalue weighted by Crippen LogP contribution is 2.39. The first kappa shape index (κ1) is 22.3. The Labute approximate surface area is 195 Å². The van der Waals surface area contributed by atoms with E-state index in [1.807, 2.05) is 55.6 Å². The number of halogens is 1. The van der Waals surface area contributed by atoms with Crippen LogP contribution in [0.3, 0.4) is 0 Å². The Kier molecular flexibility index (Phi) is 6.48. The average molecular weight is 471 g/mol. The van der Waals surface area contributed by atoms with Crippen molar-refractivity contribution in [2.75, 3.05) is 18.1 Å². The van der Waals surface area contributed by atoms with Gasteiger partial charge in [0.2, 0.25) is 0 Å². The fraction of sp³-hybridized carbons (Fsp3) is 0.292. The molecule has 1 aliphatic heterocycles. The summed E-state index contributed by atoms with van der Waals surface area (Å²) in [5.74, 6) is 0.0134. The van der Waals surface area contributed by atoms with Gasteiger partial charge in [-0.2, -0.15) is 0 Å². The summed E-state index contributed by atoms with van der Waals surface area (Å²) in [6, 6.07) is 12.3. The molecule has 1 aliphatic rings. The van der Waals surface area contributed by atoms with Crippen LogP contribution in [-0.2, 0) is 14.3 Å². The van der Waals surface area contributed by atoms with Crippen LogP contribution in [0.1, 0.15) is 20.8 Å². The molecule has 1 unspecified atom stereocenters. The number of esters is 1. The minimum absolute atomic E-state index is 0.124. The van der Waals surface area contributed by atoms with E-state index in [4.69, 9.17) is 26.1 Å². The van der Waals surface area contributed by atoms with Gasteiger partial charge in [-0.3, -0.25) is 9.69 Å². The molecule has 0 saturated heterocycles. The molecule has 0 aliphatic carbocycles. The van der Waals surface area contributed by atoms with Crippen molar-refractivity contribution in [2.24, 2.45) is 5.92 Å². The molecule has 0 saturated carbocycles. The summed E-state index contributed by atoms with van der Waals surface area (Å²) in [4.78, 5) is 31.4. The Morgan fingerprint density at radius 2 is 2.03 bits per heavy atom. The third kappa shape index (κ3) is 4.49. The summed E-state index contributed by atoms with van der Waals surface area (Å²) in [6.45, 7) is 5.77. The van der Waals surface area contributed by atoms with Crippen molar-refractivity contribution in [3.05, 3.63) is 52.9 Å². The maximum atomic E-state index is 12.7. The van der Waals surface area contributed by atoms with Gasteiger partial charge in [0.05, 0.1) is 23.0 Å². The van der Waals surface area contributed by atoms with Crippen molar-refractivity contribution in [1.82, 2.24) is 4.98 Å². The Bertz CT molecular complexity index is 1160. The summed E-state index contributed by atoms with van der Waals surface area (Å²) < 4.78 is 11.0. The molecule has 0 radical (unpaired) electrons. The molecule has 0 bridgehead atoms. The Morgan fingerprint density at radius 1 is 1.25 bits per heavy atom. The SMILES string of the molecule is CC(C)COC(=O)C(C)N1C(=O)COc2ccc(-c3csc(-c4ccccc4Cl)n3)cc21. The highest BCUT2D eigenvalue weighted by atomic mass is 35.5. The monoisotopic (exact) mass is 470 g/mol. The van der Waals surface area contributed by atoms with Gasteiger partial charge in [0.15, 0.2) is 6.61 Å². The minimum Gasteiger partial charge on any atom is -0.482 e. The number of nitrogens with zero attached hydrogens (tertiary/aromatic N) is 2. The predicted molar refractivity (Wildman–Crippen MR) is 126 cm³/mol. The molecular weight excluding hydrogens is 448 g/mol. The predicted octanol–water partition coefficient (Wildman–Crippen LogP) is 5.44. The Balaban J connectivity index is 1.65. The number of fused-ring (bicyclic) bond motifs is 1. The maximum Gasteiger partial charge on any atom is 0.328 e. The zero-order chi connectivity index (χ0) is 22.8. The van der Waals surface area contributed by atoms with Crippen molar-refractivity contribution in [3.8, 4) is 27.6 Å². The first-order valence-corrected chi connectivity index (χ1v) is 11.6. The lowest BCUT2D eigenvalue weighted by Crippen LogP contribution is -2.48. The lowest BCUT2D eigenvalue weighted by Gasteiger charge is -2.33. The number of ether oxygens (including phenoxy) is 2. The topological polar surface area (TPSA) is 68.7 Å². The smallest absolute Gasteiger partial charge is 0.328 e. The second-order valence-corrected chi connectivity index (χ2v) is 9.22. The van der Waals surface area contributed by atoms with Crippen molar-refractivity contribution >= 4 is 40.5 Å². The zero-order valence-electron chi connectivity index (χ0n) is 18.0. The van der Waals surface area contributed by atoms with Gasteiger partial charge in [-0.15, -0.1) is 11.3 Å². The van der Waals surface area contributed by atoms with E-state index in [9.17, 15) is 9.59 Å². The van der Waals surface area contributed by atoms with Crippen LogP contribution in [0.2, 0.25) is 5.02 Å². The fourth-order valence-electron chi connectivity index (χ4n) is 3.39. The normalized spacial score (nSPS) is 14.2. The largest absolute Gasteiger partial charge is 0.482 e. The number of carbonyl (C=O) groups is 2. The van der Waals surface area contributed by atoms with Gasteiger partial charge in [-0.25, -0.2) is 9.78 Å². The van der Waals surface area contributed by atoms with E-state index < -0.39 is 12.0 Å². The van der Waals surface area contributed by atoms with Crippen LogP contribution < -0.4 is 9.64 Å². The molecule has 1 aromatic heterocycles. The number of amides is 1. The van der Waals surface area contributed by atoms with Gasteiger partial charge in [0, 0.05) is 16.5 Å². The summed E-state index contributed by atoms with van der Waals surface area (Å²) >= 11 is 7.81. The van der Waals surface area contributed by atoms with E-state index in [1.165, 1.54) is 16.2 Å². The molecule has 8 heteroatoms. The first-order chi connectivity index (χ1) is 15.3. The van der Waals surface area contributed by atoms with Gasteiger partial charge in [0.25, 0.3) is 5.91 Å². The van der Waals surface area contributed by atoms with Crippen LogP contribution in [0, 0.1) is 5.92 Å². The van der Waals surface area contributed by atoms with Crippen molar-refractivity contribution in [3.63, 3.8) is 0 Å². The summed E-state index contributed by atoms with van der Waals surface area (Å²) in [6.07, 6.45) is 0. The molecule has 6 nitrogen and oxygen atoms in total. The maximum absolute atomic E-state index is 12.7. The van der Waals surface area contributed by atoms with E-state index in [2.05, 4.69) is 0 Å². The second-order valence-electron chi connectivity index (χ2n) is 7.95. The molecule has 2 aromatic carbocycles. The zero-order valence-corrected chi connectivity index (χ0v) is 19.6. The summed E-state index contributed by atoms with van der Waals surface area (Å²) in [5, 5.41) is 3.38. The lowest BCUT2D eigenvalue weighted by molar-refractivity contribution is -0.147. The highest BCUT2D eigenvalue weighted by molar-refractivity contribution is 7.13. The van der Waals surface area contributed by atoms with Gasteiger partial charge in [-0.05, 0) is 37.1 Å². The number of hydrogen-bond acceptors (Lipinski definition) is 6. The van der Waals surface area contributed by atoms with Gasteiger partial charge < -0.3 is 9.47 Å². The summed E-state index contributed by atoms with van der Waals surface area (Å²) in [5.41, 5.74) is 2.95. The number of aromatic nitrogens is 1. The molecule has 166 valence electrons. The Hall–Kier alpha value is -2.90. The van der Waals surface area contributed by atoms with E-state index >= 15 is 0 Å². The van der Waals surface area contributed by atoms with Crippen LogP contribution in [-0.4, -0.2) is 36.1 Å². The number of carbonyl (C=O) groups excluding carboxylic acids is 2. The molecule has 4 rings (SSSR count). The molecule has 2 heterocycles. The molecule has 0 fully saturated rings. The van der Waals surface area contributed by atoms with Crippen molar-refractivity contribution in [1.29, 1.82) is 0 Å². The Morgan fingerprint density at radius 3 is 2.78 bits per heavy atom. The molecular formula is C24H23ClN2O4S. The third-order valence-corrected chi connectivity index (χ3v) is 6.24. The molecule has 1 atom stereocenters. The molecule has 32 heavy (non-hydrogen) atoms. The minimum atomic E-state index is -0.770. The van der Waals surface area contributed by atoms with Gasteiger partial charge in [0.1, 0.15) is 16.8 Å². The van der Waals surface area contributed by atoms with Crippen LogP contribution in [0.25, 0.3) is 21.8 Å². The van der Waals surface area contributed by atoms with Crippen LogP contribution in [0.4, 0.5) is 5.69 Å². The molecule has 1 amide bonds. The van der Waals surface area contributed by atoms with E-state index in [0.29, 0.717) is 23.1 Å². The van der Waals surface area contributed by atoms with Gasteiger partial charge in [-0.1, -0.05) is 43.6 Å². The van der Waals surface area contributed by atoms with E-state index in [0.717, 1.165) is 21.8 Å². The molecule has 3 aromatic rings. The van der Waals surface area contributed by atoms with Crippen molar-refractivity contribution < 1.29 is 19.1 Å². The van der Waals surface area contributed by atoms with Crippen molar-refractivity contribution in [2.45, 2.75) is 26.8 Å². The van der Waals surface area contributed by atoms with E-state index in [-0.39, 0.29) is 18.4 Å². The van der Waals surface area contributed by atoms with Gasteiger partial charge >= 0.3 is 5.97 Å². The first-order valence-electron chi connectivity index (χ1n) is 10.3. The molecule has 0 N–H and O–H groups in total. The molecule has 0 spiro atoms. The number of rotatable bonds is 6. The number of benzene rings is 2. The fourth-order valence-corrected chi connectivity index (χ4v) is 4.54. The third-order valence-electron chi connectivity index (χ3n) is 5.03. The number of hydrogen-bond donors (Lipinski definition) is 0. The lowest BCUT2D eigenvalue weighted by atomic mass is 10.1. The second kappa shape index (κ2) is 9.30. The standard InChI is InChI=1S/C24H23ClN2O4S/c1-14(2)11-31-24(29)15(3)27-20-10-16(8-9-21(20)30-12-22(27)28)19-13-32-23(26-19)17-6-4-5-7-18(17)25/h4-10,13-15H,11-12H2,1-3H3. The highest BCUT2D eigenvalue weighted by Gasteiger charge is 2.34. The quantitative estimate of drug-likeness (QED) is 0.448. The summed E-state index contributed by atoms with van der Waals surface area (Å²) in [7, 11) is 0. The van der Waals surface area contributed by atoms with E-state index in [1.54, 1.807) is 13.0 Å². The van der Waals surface area contributed by atoms with Crippen LogP contribution >= 0.6 is 22.9 Å². The number of anilines is 1. The van der Waals surface area contributed by atoms with Crippen LogP contribution in [0.15, 0.2) is 47.8 Å².